The Morgan fingerprint density at radius 3 is 2.36 bits per heavy atom. The molecule has 1 heterocycles. The monoisotopic (exact) mass is 352 g/mol. The summed E-state index contributed by atoms with van der Waals surface area (Å²) in [5.74, 6) is -2.73. The quantitative estimate of drug-likeness (QED) is 0.773. The van der Waals surface area contributed by atoms with Crippen LogP contribution in [0.25, 0.3) is 0 Å². The van der Waals surface area contributed by atoms with E-state index in [1.165, 1.54) is 4.90 Å². The zero-order valence-electron chi connectivity index (χ0n) is 11.6. The molecule has 0 saturated carbocycles. The van der Waals surface area contributed by atoms with Crippen LogP contribution in [-0.2, 0) is 14.8 Å². The van der Waals surface area contributed by atoms with E-state index >= 15 is 0 Å². The van der Waals surface area contributed by atoms with E-state index in [9.17, 15) is 22.0 Å². The van der Waals surface area contributed by atoms with Crippen molar-refractivity contribution in [2.45, 2.75) is 11.3 Å². The highest BCUT2D eigenvalue weighted by atomic mass is 35.5. The molecule has 1 aromatic carbocycles. The van der Waals surface area contributed by atoms with Gasteiger partial charge < -0.3 is 4.90 Å². The molecule has 2 rings (SSSR count). The molecule has 1 aromatic rings. The smallest absolute Gasteiger partial charge is 0.248 e. The van der Waals surface area contributed by atoms with E-state index < -0.39 is 26.6 Å². The van der Waals surface area contributed by atoms with Crippen LogP contribution in [0.1, 0.15) is 6.42 Å². The van der Waals surface area contributed by atoms with E-state index in [4.69, 9.17) is 11.6 Å². The van der Waals surface area contributed by atoms with Crippen molar-refractivity contribution < 1.29 is 22.0 Å². The van der Waals surface area contributed by atoms with Gasteiger partial charge in [-0.3, -0.25) is 4.79 Å². The fraction of sp³-hybridized carbons (Fsp3) is 0.462. The van der Waals surface area contributed by atoms with Crippen molar-refractivity contribution >= 4 is 27.5 Å². The zero-order chi connectivity index (χ0) is 16.3. The molecule has 0 radical (unpaired) electrons. The molecule has 0 aromatic heterocycles. The Hall–Kier alpha value is -1.25. The van der Waals surface area contributed by atoms with Crippen molar-refractivity contribution in [3.8, 4) is 0 Å². The van der Waals surface area contributed by atoms with Gasteiger partial charge in [-0.1, -0.05) is 6.07 Å². The van der Waals surface area contributed by atoms with Crippen LogP contribution in [0.5, 0.6) is 0 Å². The van der Waals surface area contributed by atoms with Crippen molar-refractivity contribution in [2.24, 2.45) is 0 Å². The summed E-state index contributed by atoms with van der Waals surface area (Å²) in [6.07, 6.45) is 0.373. The summed E-state index contributed by atoms with van der Waals surface area (Å²) < 4.78 is 53.4. The normalized spacial score (nSPS) is 17.3. The topological polar surface area (TPSA) is 57.7 Å². The van der Waals surface area contributed by atoms with Gasteiger partial charge in [0.2, 0.25) is 15.9 Å². The Kier molecular flexibility index (Phi) is 5.36. The van der Waals surface area contributed by atoms with Gasteiger partial charge in [-0.05, 0) is 18.6 Å². The summed E-state index contributed by atoms with van der Waals surface area (Å²) in [4.78, 5) is 12.1. The van der Waals surface area contributed by atoms with Gasteiger partial charge in [0.15, 0.2) is 4.90 Å². The Bertz CT molecular complexity index is 649. The number of rotatable bonds is 3. The number of halogens is 3. The molecular formula is C13H15ClF2N2O3S. The van der Waals surface area contributed by atoms with Gasteiger partial charge in [-0.25, -0.2) is 17.2 Å². The Morgan fingerprint density at radius 2 is 1.77 bits per heavy atom. The second-order valence-electron chi connectivity index (χ2n) is 4.82. The van der Waals surface area contributed by atoms with Crippen LogP contribution in [0.2, 0.25) is 0 Å². The van der Waals surface area contributed by atoms with Crippen molar-refractivity contribution in [2.75, 3.05) is 32.1 Å². The average molecular weight is 353 g/mol. The highest BCUT2D eigenvalue weighted by molar-refractivity contribution is 7.89. The molecule has 1 saturated heterocycles. The number of carbonyl (C=O) groups is 1. The SMILES string of the molecule is O=C(CCl)N1CCCN(S(=O)(=O)c2c(F)cccc2F)CC1. The molecule has 0 bridgehead atoms. The lowest BCUT2D eigenvalue weighted by Gasteiger charge is -2.21. The van der Waals surface area contributed by atoms with Crippen LogP contribution in [0.4, 0.5) is 8.78 Å². The van der Waals surface area contributed by atoms with E-state index in [-0.39, 0.29) is 31.4 Å². The fourth-order valence-corrected chi connectivity index (χ4v) is 4.07. The highest BCUT2D eigenvalue weighted by Crippen LogP contribution is 2.23. The second-order valence-corrected chi connectivity index (χ2v) is 6.96. The fourth-order valence-electron chi connectivity index (χ4n) is 2.33. The lowest BCUT2D eigenvalue weighted by Crippen LogP contribution is -2.38. The first kappa shape index (κ1) is 17.1. The Labute approximate surface area is 132 Å². The van der Waals surface area contributed by atoms with Crippen molar-refractivity contribution in [3.63, 3.8) is 0 Å². The molecule has 0 unspecified atom stereocenters. The highest BCUT2D eigenvalue weighted by Gasteiger charge is 2.32. The summed E-state index contributed by atoms with van der Waals surface area (Å²) in [5.41, 5.74) is 0. The minimum Gasteiger partial charge on any atom is -0.340 e. The van der Waals surface area contributed by atoms with Gasteiger partial charge in [0.25, 0.3) is 0 Å². The number of hydrogen-bond donors (Lipinski definition) is 0. The first-order valence-corrected chi connectivity index (χ1v) is 8.63. The third-order valence-electron chi connectivity index (χ3n) is 3.44. The molecule has 0 spiro atoms. The van der Waals surface area contributed by atoms with Gasteiger partial charge in [0.05, 0.1) is 0 Å². The van der Waals surface area contributed by atoms with Crippen molar-refractivity contribution in [1.82, 2.24) is 9.21 Å². The van der Waals surface area contributed by atoms with Crippen LogP contribution in [0.3, 0.4) is 0 Å². The summed E-state index contributed by atoms with van der Waals surface area (Å²) in [5, 5.41) is 0. The summed E-state index contributed by atoms with van der Waals surface area (Å²) in [6, 6.07) is 2.90. The van der Waals surface area contributed by atoms with Crippen LogP contribution >= 0.6 is 11.6 Å². The summed E-state index contributed by atoms with van der Waals surface area (Å²) in [6.45, 7) is 0.555. The molecule has 1 fully saturated rings. The molecular weight excluding hydrogens is 338 g/mol. The molecule has 1 aliphatic heterocycles. The molecule has 22 heavy (non-hydrogen) atoms. The van der Waals surface area contributed by atoms with Gasteiger partial charge >= 0.3 is 0 Å². The molecule has 1 amide bonds. The predicted octanol–water partition coefficient (Wildman–Crippen LogP) is 1.43. The van der Waals surface area contributed by atoms with Gasteiger partial charge in [-0.15, -0.1) is 11.6 Å². The number of carbonyl (C=O) groups excluding carboxylic acids is 1. The Balaban J connectivity index is 2.26. The molecule has 0 aliphatic carbocycles. The van der Waals surface area contributed by atoms with E-state index in [0.29, 0.717) is 13.0 Å². The number of benzene rings is 1. The number of alkyl halides is 1. The summed E-state index contributed by atoms with van der Waals surface area (Å²) in [7, 11) is -4.29. The van der Waals surface area contributed by atoms with Crippen molar-refractivity contribution in [1.29, 1.82) is 0 Å². The number of amides is 1. The average Bonchev–Trinajstić information content (AvgIpc) is 2.72. The maximum atomic E-state index is 13.7. The predicted molar refractivity (Wildman–Crippen MR) is 77.0 cm³/mol. The lowest BCUT2D eigenvalue weighted by atomic mass is 10.3. The minimum atomic E-state index is -4.29. The molecule has 9 heteroatoms. The maximum Gasteiger partial charge on any atom is 0.248 e. The second kappa shape index (κ2) is 6.89. The first-order valence-electron chi connectivity index (χ1n) is 6.66. The van der Waals surface area contributed by atoms with E-state index in [1.54, 1.807) is 0 Å². The molecule has 122 valence electrons. The molecule has 5 nitrogen and oxygen atoms in total. The van der Waals surface area contributed by atoms with Crippen molar-refractivity contribution in [3.05, 3.63) is 29.8 Å². The van der Waals surface area contributed by atoms with E-state index in [1.807, 2.05) is 0 Å². The number of sulfonamides is 1. The van der Waals surface area contributed by atoms with Gasteiger partial charge in [-0.2, -0.15) is 4.31 Å². The van der Waals surface area contributed by atoms with E-state index in [0.717, 1.165) is 22.5 Å². The Morgan fingerprint density at radius 1 is 1.14 bits per heavy atom. The molecule has 0 atom stereocenters. The van der Waals surface area contributed by atoms with E-state index in [2.05, 4.69) is 0 Å². The van der Waals surface area contributed by atoms with Crippen LogP contribution in [0, 0.1) is 11.6 Å². The van der Waals surface area contributed by atoms with Crippen LogP contribution in [-0.4, -0.2) is 55.6 Å². The summed E-state index contributed by atoms with van der Waals surface area (Å²) >= 11 is 5.48. The zero-order valence-corrected chi connectivity index (χ0v) is 13.2. The largest absolute Gasteiger partial charge is 0.340 e. The molecule has 0 N–H and O–H groups in total. The maximum absolute atomic E-state index is 13.7. The first-order chi connectivity index (χ1) is 10.4. The van der Waals surface area contributed by atoms with Gasteiger partial charge in [0.1, 0.15) is 17.5 Å². The van der Waals surface area contributed by atoms with Gasteiger partial charge in [0, 0.05) is 26.2 Å². The third kappa shape index (κ3) is 3.39. The number of nitrogens with zero attached hydrogens (tertiary/aromatic N) is 2. The molecule has 1 aliphatic rings. The number of hydrogen-bond acceptors (Lipinski definition) is 3. The van der Waals surface area contributed by atoms with Crippen LogP contribution in [0.15, 0.2) is 23.1 Å². The van der Waals surface area contributed by atoms with Crippen LogP contribution < -0.4 is 0 Å². The lowest BCUT2D eigenvalue weighted by molar-refractivity contribution is -0.128. The third-order valence-corrected chi connectivity index (χ3v) is 5.62. The standard InChI is InChI=1S/C13H15ClF2N2O3S/c14-9-12(19)17-5-2-6-18(8-7-17)22(20,21)13-10(15)3-1-4-11(13)16/h1,3-4H,2,5-9H2. The minimum absolute atomic E-state index is 0.0290.